The fourth-order valence-electron chi connectivity index (χ4n) is 3.95. The van der Waals surface area contributed by atoms with Crippen molar-refractivity contribution in [1.29, 1.82) is 0 Å². The monoisotopic (exact) mass is 433 g/mol. The molecule has 2 aromatic carbocycles. The number of aromatic nitrogens is 3. The van der Waals surface area contributed by atoms with Crippen molar-refractivity contribution < 1.29 is 14.3 Å². The number of methoxy groups -OCH3 is 1. The van der Waals surface area contributed by atoms with Crippen LogP contribution < -0.4 is 5.32 Å². The molecule has 1 aliphatic rings. The quantitative estimate of drug-likeness (QED) is 0.589. The fraction of sp³-hybridized carbons (Fsp3) is 0.333. The van der Waals surface area contributed by atoms with E-state index in [2.05, 4.69) is 39.9 Å². The minimum atomic E-state index is -0.451. The van der Waals surface area contributed by atoms with Gasteiger partial charge >= 0.3 is 0 Å². The van der Waals surface area contributed by atoms with E-state index in [4.69, 9.17) is 4.74 Å². The predicted molar refractivity (Wildman–Crippen MR) is 119 cm³/mol. The zero-order valence-electron chi connectivity index (χ0n) is 18.1. The van der Waals surface area contributed by atoms with E-state index in [0.29, 0.717) is 31.8 Å². The standard InChI is InChI=1S/C24H27N5O3/c1-32-17-21-15-28(27-26-21)16-23(30)29-13-5-8-22(29)24(31)25-14-18-9-11-20(12-10-18)19-6-3-2-4-7-19/h2-4,6-7,9-12,15,22H,5,8,13-14,16-17H2,1H3,(H,25,31). The van der Waals surface area contributed by atoms with E-state index in [0.717, 1.165) is 23.1 Å². The Hall–Kier alpha value is -3.52. The SMILES string of the molecule is COCc1cn(CC(=O)N2CCCC2C(=O)NCc2ccc(-c3ccccc3)cc2)nn1. The molecule has 1 saturated heterocycles. The lowest BCUT2D eigenvalue weighted by molar-refractivity contribution is -0.139. The van der Waals surface area contributed by atoms with Crippen LogP contribution in [-0.2, 0) is 34.0 Å². The highest BCUT2D eigenvalue weighted by molar-refractivity contribution is 5.88. The Morgan fingerprint density at radius 1 is 1.09 bits per heavy atom. The molecule has 1 unspecified atom stereocenters. The van der Waals surface area contributed by atoms with Crippen molar-refractivity contribution in [2.24, 2.45) is 0 Å². The summed E-state index contributed by atoms with van der Waals surface area (Å²) in [4.78, 5) is 27.2. The van der Waals surface area contributed by atoms with Crippen LogP contribution >= 0.6 is 0 Å². The number of carbonyl (C=O) groups excluding carboxylic acids is 2. The topological polar surface area (TPSA) is 89.4 Å². The molecule has 4 rings (SSSR count). The third-order valence-corrected chi connectivity index (χ3v) is 5.58. The first kappa shape index (κ1) is 21.7. The first-order valence-corrected chi connectivity index (χ1v) is 10.7. The van der Waals surface area contributed by atoms with Crippen molar-refractivity contribution in [3.8, 4) is 11.1 Å². The number of ether oxygens (including phenoxy) is 1. The molecule has 3 aromatic rings. The molecular weight excluding hydrogens is 406 g/mol. The van der Waals surface area contributed by atoms with E-state index >= 15 is 0 Å². The van der Waals surface area contributed by atoms with E-state index in [-0.39, 0.29) is 18.4 Å². The summed E-state index contributed by atoms with van der Waals surface area (Å²) in [5, 5.41) is 10.9. The van der Waals surface area contributed by atoms with Gasteiger partial charge in [-0.1, -0.05) is 59.8 Å². The highest BCUT2D eigenvalue weighted by Crippen LogP contribution is 2.20. The summed E-state index contributed by atoms with van der Waals surface area (Å²) in [5.41, 5.74) is 3.97. The normalized spacial score (nSPS) is 15.7. The van der Waals surface area contributed by atoms with Crippen LogP contribution in [0.25, 0.3) is 11.1 Å². The highest BCUT2D eigenvalue weighted by atomic mass is 16.5. The Bertz CT molecular complexity index is 1050. The molecule has 1 N–H and O–H groups in total. The predicted octanol–water partition coefficient (Wildman–Crippen LogP) is 2.40. The summed E-state index contributed by atoms with van der Waals surface area (Å²) < 4.78 is 6.51. The van der Waals surface area contributed by atoms with Gasteiger partial charge in [-0.15, -0.1) is 5.10 Å². The average Bonchev–Trinajstić information content (AvgIpc) is 3.48. The van der Waals surface area contributed by atoms with E-state index in [1.54, 1.807) is 18.2 Å². The van der Waals surface area contributed by atoms with Crippen molar-refractivity contribution in [2.75, 3.05) is 13.7 Å². The number of likely N-dealkylation sites (tertiary alicyclic amines) is 1. The Morgan fingerprint density at radius 2 is 1.84 bits per heavy atom. The van der Waals surface area contributed by atoms with Gasteiger partial charge in [-0.25, -0.2) is 4.68 Å². The largest absolute Gasteiger partial charge is 0.378 e. The Labute approximate surface area is 187 Å². The molecule has 0 aliphatic carbocycles. The molecule has 1 aromatic heterocycles. The summed E-state index contributed by atoms with van der Waals surface area (Å²) in [6.45, 7) is 1.40. The van der Waals surface area contributed by atoms with Crippen LogP contribution in [0.15, 0.2) is 60.8 Å². The fourth-order valence-corrected chi connectivity index (χ4v) is 3.95. The Kier molecular flexibility index (Phi) is 6.91. The van der Waals surface area contributed by atoms with E-state index in [1.807, 2.05) is 30.3 Å². The van der Waals surface area contributed by atoms with Gasteiger partial charge in [0.2, 0.25) is 11.8 Å². The molecular formula is C24H27N5O3. The zero-order chi connectivity index (χ0) is 22.3. The molecule has 1 atom stereocenters. The summed E-state index contributed by atoms with van der Waals surface area (Å²) >= 11 is 0. The number of rotatable bonds is 8. The van der Waals surface area contributed by atoms with Crippen molar-refractivity contribution in [2.45, 2.75) is 38.6 Å². The zero-order valence-corrected chi connectivity index (χ0v) is 18.1. The van der Waals surface area contributed by atoms with Gasteiger partial charge in [-0.2, -0.15) is 0 Å². The molecule has 1 fully saturated rings. The van der Waals surface area contributed by atoms with Gasteiger partial charge in [0.25, 0.3) is 0 Å². The van der Waals surface area contributed by atoms with Gasteiger partial charge in [0.1, 0.15) is 18.3 Å². The molecule has 2 amide bonds. The summed E-state index contributed by atoms with van der Waals surface area (Å²) in [6, 6.07) is 17.9. The van der Waals surface area contributed by atoms with Crippen LogP contribution in [0.1, 0.15) is 24.1 Å². The second-order valence-corrected chi connectivity index (χ2v) is 7.87. The van der Waals surface area contributed by atoms with Gasteiger partial charge in [0.15, 0.2) is 0 Å². The van der Waals surface area contributed by atoms with Crippen LogP contribution in [0.5, 0.6) is 0 Å². The second kappa shape index (κ2) is 10.2. The van der Waals surface area contributed by atoms with Crippen LogP contribution in [0, 0.1) is 0 Å². The number of benzene rings is 2. The molecule has 8 heteroatoms. The lowest BCUT2D eigenvalue weighted by Crippen LogP contribution is -2.46. The molecule has 1 aliphatic heterocycles. The van der Waals surface area contributed by atoms with Gasteiger partial charge < -0.3 is 15.0 Å². The molecule has 32 heavy (non-hydrogen) atoms. The van der Waals surface area contributed by atoms with Crippen LogP contribution in [0.2, 0.25) is 0 Å². The number of amides is 2. The van der Waals surface area contributed by atoms with Gasteiger partial charge in [0.05, 0.1) is 12.8 Å². The maximum Gasteiger partial charge on any atom is 0.245 e. The lowest BCUT2D eigenvalue weighted by Gasteiger charge is -2.24. The maximum atomic E-state index is 12.8. The van der Waals surface area contributed by atoms with E-state index < -0.39 is 6.04 Å². The molecule has 0 saturated carbocycles. The third kappa shape index (κ3) is 5.20. The first-order valence-electron chi connectivity index (χ1n) is 10.7. The van der Waals surface area contributed by atoms with Crippen molar-refractivity contribution in [3.05, 3.63) is 72.1 Å². The summed E-state index contributed by atoms with van der Waals surface area (Å²) in [7, 11) is 1.58. The molecule has 166 valence electrons. The molecule has 0 radical (unpaired) electrons. The lowest BCUT2D eigenvalue weighted by atomic mass is 10.0. The molecule has 0 bridgehead atoms. The molecule has 8 nitrogen and oxygen atoms in total. The van der Waals surface area contributed by atoms with Crippen LogP contribution in [0.4, 0.5) is 0 Å². The number of hydrogen-bond donors (Lipinski definition) is 1. The Balaban J connectivity index is 1.31. The van der Waals surface area contributed by atoms with Crippen molar-refractivity contribution in [1.82, 2.24) is 25.2 Å². The van der Waals surface area contributed by atoms with Crippen LogP contribution in [-0.4, -0.2) is 51.4 Å². The van der Waals surface area contributed by atoms with Crippen molar-refractivity contribution in [3.63, 3.8) is 0 Å². The first-order chi connectivity index (χ1) is 15.6. The number of carbonyl (C=O) groups is 2. The number of nitrogens with one attached hydrogen (secondary N) is 1. The average molecular weight is 434 g/mol. The van der Waals surface area contributed by atoms with Gasteiger partial charge in [-0.3, -0.25) is 9.59 Å². The van der Waals surface area contributed by atoms with Gasteiger partial charge in [0, 0.05) is 20.2 Å². The number of hydrogen-bond acceptors (Lipinski definition) is 5. The smallest absolute Gasteiger partial charge is 0.245 e. The van der Waals surface area contributed by atoms with Crippen molar-refractivity contribution >= 4 is 11.8 Å². The van der Waals surface area contributed by atoms with Gasteiger partial charge in [-0.05, 0) is 29.5 Å². The molecule has 2 heterocycles. The summed E-state index contributed by atoms with van der Waals surface area (Å²) in [6.07, 6.45) is 3.16. The minimum absolute atomic E-state index is 0.0570. The van der Waals surface area contributed by atoms with E-state index in [1.165, 1.54) is 4.68 Å². The van der Waals surface area contributed by atoms with Crippen LogP contribution in [0.3, 0.4) is 0 Å². The Morgan fingerprint density at radius 3 is 2.59 bits per heavy atom. The third-order valence-electron chi connectivity index (χ3n) is 5.58. The van der Waals surface area contributed by atoms with E-state index in [9.17, 15) is 9.59 Å². The minimum Gasteiger partial charge on any atom is -0.378 e. The highest BCUT2D eigenvalue weighted by Gasteiger charge is 2.34. The second-order valence-electron chi connectivity index (χ2n) is 7.87. The summed E-state index contributed by atoms with van der Waals surface area (Å²) in [5.74, 6) is -0.259. The maximum absolute atomic E-state index is 12.8. The molecule has 0 spiro atoms. The number of nitrogens with zero attached hydrogens (tertiary/aromatic N) is 4.